The third-order valence-corrected chi connectivity index (χ3v) is 3.84. The molecule has 4 nitrogen and oxygen atoms in total. The molecule has 96 valence electrons. The summed E-state index contributed by atoms with van der Waals surface area (Å²) in [6, 6.07) is 6.88. The van der Waals surface area contributed by atoms with Crippen LogP contribution in [0.5, 0.6) is 0 Å². The molecule has 1 saturated carbocycles. The summed E-state index contributed by atoms with van der Waals surface area (Å²) in [6.45, 7) is 3.56. The molecule has 0 radical (unpaired) electrons. The molecule has 0 bridgehead atoms. The summed E-state index contributed by atoms with van der Waals surface area (Å²) in [4.78, 5) is 23.0. The van der Waals surface area contributed by atoms with Crippen molar-refractivity contribution in [3.05, 3.63) is 29.3 Å². The maximum atomic E-state index is 12.0. The van der Waals surface area contributed by atoms with Crippen LogP contribution in [-0.4, -0.2) is 17.0 Å². The quantitative estimate of drug-likeness (QED) is 0.885. The van der Waals surface area contributed by atoms with Gasteiger partial charge < -0.3 is 10.4 Å². The van der Waals surface area contributed by atoms with Crippen molar-refractivity contribution < 1.29 is 14.7 Å². The van der Waals surface area contributed by atoms with E-state index in [-0.39, 0.29) is 5.91 Å². The summed E-state index contributed by atoms with van der Waals surface area (Å²) < 4.78 is 0. The van der Waals surface area contributed by atoms with Gasteiger partial charge in [-0.15, -0.1) is 0 Å². The molecule has 1 aliphatic rings. The second-order valence-corrected chi connectivity index (χ2v) is 5.49. The van der Waals surface area contributed by atoms with Crippen LogP contribution < -0.4 is 5.32 Å². The summed E-state index contributed by atoms with van der Waals surface area (Å²) in [7, 11) is 0. The number of nitrogens with one attached hydrogen (secondary N) is 1. The SMILES string of the molecule is CC1(C)C(C(=O)O)C1C(=O)Nc1ccccc1Cl. The fourth-order valence-electron chi connectivity index (χ4n) is 2.36. The zero-order valence-electron chi connectivity index (χ0n) is 10.1. The van der Waals surface area contributed by atoms with Crippen molar-refractivity contribution in [1.82, 2.24) is 0 Å². The van der Waals surface area contributed by atoms with Gasteiger partial charge in [-0.25, -0.2) is 0 Å². The van der Waals surface area contributed by atoms with Crippen LogP contribution in [0.1, 0.15) is 13.8 Å². The molecular weight excluding hydrogens is 254 g/mol. The monoisotopic (exact) mass is 267 g/mol. The van der Waals surface area contributed by atoms with Gasteiger partial charge in [0.15, 0.2) is 0 Å². The van der Waals surface area contributed by atoms with E-state index in [2.05, 4.69) is 5.32 Å². The standard InChI is InChI=1S/C13H14ClNO3/c1-13(2)9(10(13)12(17)18)11(16)15-8-6-4-3-5-7(8)14/h3-6,9-10H,1-2H3,(H,15,16)(H,17,18). The Hall–Kier alpha value is -1.55. The summed E-state index contributed by atoms with van der Waals surface area (Å²) in [5, 5.41) is 12.1. The summed E-state index contributed by atoms with van der Waals surface area (Å²) >= 11 is 5.93. The van der Waals surface area contributed by atoms with Crippen molar-refractivity contribution in [2.24, 2.45) is 17.3 Å². The molecule has 5 heteroatoms. The van der Waals surface area contributed by atoms with Crippen LogP contribution in [0, 0.1) is 17.3 Å². The third-order valence-electron chi connectivity index (χ3n) is 3.51. The fourth-order valence-corrected chi connectivity index (χ4v) is 2.54. The van der Waals surface area contributed by atoms with Gasteiger partial charge in [0, 0.05) is 0 Å². The maximum absolute atomic E-state index is 12.0. The molecule has 2 N–H and O–H groups in total. The molecule has 18 heavy (non-hydrogen) atoms. The van der Waals surface area contributed by atoms with Gasteiger partial charge in [-0.3, -0.25) is 9.59 Å². The topological polar surface area (TPSA) is 66.4 Å². The number of rotatable bonds is 3. The number of anilines is 1. The lowest BCUT2D eigenvalue weighted by Gasteiger charge is -2.07. The minimum Gasteiger partial charge on any atom is -0.481 e. The predicted octanol–water partition coefficient (Wildman–Crippen LogP) is 2.64. The minimum atomic E-state index is -0.931. The first-order valence-corrected chi connectivity index (χ1v) is 6.01. The third kappa shape index (κ3) is 2.08. The highest BCUT2D eigenvalue weighted by atomic mass is 35.5. The zero-order valence-corrected chi connectivity index (χ0v) is 10.9. The number of carbonyl (C=O) groups is 2. The number of carbonyl (C=O) groups excluding carboxylic acids is 1. The summed E-state index contributed by atoms with van der Waals surface area (Å²) in [5.41, 5.74) is 0.00739. The second kappa shape index (κ2) is 4.28. The van der Waals surface area contributed by atoms with Gasteiger partial charge in [0.25, 0.3) is 0 Å². The number of aliphatic carboxylic acids is 1. The fraction of sp³-hybridized carbons (Fsp3) is 0.385. The number of para-hydroxylation sites is 1. The number of carboxylic acid groups (broad SMARTS) is 1. The van der Waals surface area contributed by atoms with Gasteiger partial charge in [0.2, 0.25) is 5.91 Å². The Morgan fingerprint density at radius 2 is 1.89 bits per heavy atom. The van der Waals surface area contributed by atoms with Gasteiger partial charge in [-0.2, -0.15) is 0 Å². The van der Waals surface area contributed by atoms with Gasteiger partial charge in [0.1, 0.15) is 0 Å². The number of halogens is 1. The molecule has 2 rings (SSSR count). The van der Waals surface area contributed by atoms with Gasteiger partial charge in [-0.05, 0) is 17.5 Å². The van der Waals surface area contributed by atoms with Crippen LogP contribution in [0.15, 0.2) is 24.3 Å². The largest absolute Gasteiger partial charge is 0.481 e. The lowest BCUT2D eigenvalue weighted by molar-refractivity contribution is -0.140. The van der Waals surface area contributed by atoms with E-state index >= 15 is 0 Å². The smallest absolute Gasteiger partial charge is 0.307 e. The van der Waals surface area contributed by atoms with E-state index in [4.69, 9.17) is 16.7 Å². The molecule has 2 atom stereocenters. The highest BCUT2D eigenvalue weighted by molar-refractivity contribution is 6.33. The molecule has 0 heterocycles. The molecule has 2 unspecified atom stereocenters. The molecular formula is C13H14ClNO3. The van der Waals surface area contributed by atoms with Crippen LogP contribution in [-0.2, 0) is 9.59 Å². The molecule has 1 aliphatic carbocycles. The molecule has 1 aromatic carbocycles. The Kier molecular flexibility index (Phi) is 3.07. The molecule has 1 fully saturated rings. The zero-order chi connectivity index (χ0) is 13.5. The van der Waals surface area contributed by atoms with Crippen molar-refractivity contribution in [3.63, 3.8) is 0 Å². The Balaban J connectivity index is 2.11. The normalized spacial score (nSPS) is 24.4. The van der Waals surface area contributed by atoms with Crippen LogP contribution in [0.25, 0.3) is 0 Å². The average Bonchev–Trinajstić information content (AvgIpc) is 2.85. The lowest BCUT2D eigenvalue weighted by Crippen LogP contribution is -2.17. The highest BCUT2D eigenvalue weighted by Gasteiger charge is 2.65. The van der Waals surface area contributed by atoms with Crippen molar-refractivity contribution in [1.29, 1.82) is 0 Å². The van der Waals surface area contributed by atoms with Gasteiger partial charge in [0.05, 0.1) is 22.5 Å². The highest BCUT2D eigenvalue weighted by Crippen LogP contribution is 2.58. The van der Waals surface area contributed by atoms with E-state index in [1.165, 1.54) is 0 Å². The van der Waals surface area contributed by atoms with E-state index in [1.54, 1.807) is 38.1 Å². The number of carboxylic acids is 1. The predicted molar refractivity (Wildman–Crippen MR) is 68.5 cm³/mol. The first kappa shape index (κ1) is 12.9. The van der Waals surface area contributed by atoms with E-state index < -0.39 is 23.2 Å². The average molecular weight is 268 g/mol. The number of hydrogen-bond donors (Lipinski definition) is 2. The summed E-state index contributed by atoms with van der Waals surface area (Å²) in [5.74, 6) is -2.36. The molecule has 0 aromatic heterocycles. The van der Waals surface area contributed by atoms with Crippen molar-refractivity contribution in [2.75, 3.05) is 5.32 Å². The van der Waals surface area contributed by atoms with Crippen LogP contribution in [0.3, 0.4) is 0 Å². The minimum absolute atomic E-state index is 0.291. The van der Waals surface area contributed by atoms with Crippen molar-refractivity contribution >= 4 is 29.2 Å². The van der Waals surface area contributed by atoms with E-state index in [9.17, 15) is 9.59 Å². The van der Waals surface area contributed by atoms with Crippen molar-refractivity contribution in [3.8, 4) is 0 Å². The van der Waals surface area contributed by atoms with Crippen LogP contribution in [0.4, 0.5) is 5.69 Å². The Morgan fingerprint density at radius 3 is 2.39 bits per heavy atom. The van der Waals surface area contributed by atoms with Crippen molar-refractivity contribution in [2.45, 2.75) is 13.8 Å². The summed E-state index contributed by atoms with van der Waals surface area (Å²) in [6.07, 6.45) is 0. The van der Waals surface area contributed by atoms with Gasteiger partial charge in [-0.1, -0.05) is 37.6 Å². The first-order chi connectivity index (χ1) is 8.35. The first-order valence-electron chi connectivity index (χ1n) is 5.64. The Labute approximate surface area is 110 Å². The second-order valence-electron chi connectivity index (χ2n) is 5.08. The molecule has 1 amide bonds. The van der Waals surface area contributed by atoms with Crippen LogP contribution >= 0.6 is 11.6 Å². The van der Waals surface area contributed by atoms with Crippen LogP contribution in [0.2, 0.25) is 5.02 Å². The number of benzene rings is 1. The molecule has 0 spiro atoms. The number of hydrogen-bond acceptors (Lipinski definition) is 2. The van der Waals surface area contributed by atoms with E-state index in [1.807, 2.05) is 0 Å². The molecule has 0 saturated heterocycles. The maximum Gasteiger partial charge on any atom is 0.307 e. The Morgan fingerprint density at radius 1 is 1.28 bits per heavy atom. The van der Waals surface area contributed by atoms with E-state index in [0.29, 0.717) is 10.7 Å². The Bertz CT molecular complexity index is 513. The molecule has 1 aromatic rings. The number of amides is 1. The molecule has 0 aliphatic heterocycles. The van der Waals surface area contributed by atoms with Gasteiger partial charge >= 0.3 is 5.97 Å². The van der Waals surface area contributed by atoms with E-state index in [0.717, 1.165) is 0 Å². The lowest BCUT2D eigenvalue weighted by atomic mass is 10.1.